The van der Waals surface area contributed by atoms with Gasteiger partial charge in [0.05, 0.1) is 30.8 Å². The van der Waals surface area contributed by atoms with E-state index < -0.39 is 22.0 Å². The fourth-order valence-corrected chi connectivity index (χ4v) is 5.14. The number of carbonyl (C=O) groups excluding carboxylic acids is 1. The molecule has 34 heavy (non-hydrogen) atoms. The highest BCUT2D eigenvalue weighted by Gasteiger charge is 2.29. The molecule has 0 saturated heterocycles. The van der Waals surface area contributed by atoms with Gasteiger partial charge in [-0.3, -0.25) is 9.10 Å². The first-order valence-electron chi connectivity index (χ1n) is 10.8. The molecule has 0 aliphatic heterocycles. The Labute approximate surface area is 201 Å². The number of para-hydroxylation sites is 1. The SMILES string of the molecule is COc1ccc(OC)c(C(C)NC(=O)CN(c2ccccc2C)S(=O)(=O)c2ccc(C)cc2)c1. The van der Waals surface area contributed by atoms with E-state index in [0.717, 1.165) is 21.0 Å². The average molecular weight is 483 g/mol. The number of rotatable bonds is 9. The Morgan fingerprint density at radius 1 is 0.971 bits per heavy atom. The summed E-state index contributed by atoms with van der Waals surface area (Å²) in [5, 5.41) is 2.89. The number of nitrogens with one attached hydrogen (secondary N) is 1. The topological polar surface area (TPSA) is 84.9 Å². The third-order valence-corrected chi connectivity index (χ3v) is 7.34. The maximum Gasteiger partial charge on any atom is 0.264 e. The van der Waals surface area contributed by atoms with Gasteiger partial charge in [0.25, 0.3) is 10.0 Å². The third-order valence-electron chi connectivity index (χ3n) is 5.56. The average Bonchev–Trinajstić information content (AvgIpc) is 2.82. The number of methoxy groups -OCH3 is 2. The number of anilines is 1. The van der Waals surface area contributed by atoms with Crippen molar-refractivity contribution in [2.75, 3.05) is 25.1 Å². The van der Waals surface area contributed by atoms with Crippen molar-refractivity contribution in [1.82, 2.24) is 5.32 Å². The predicted molar refractivity (Wildman–Crippen MR) is 133 cm³/mol. The van der Waals surface area contributed by atoms with Gasteiger partial charge in [-0.25, -0.2) is 8.42 Å². The van der Waals surface area contributed by atoms with E-state index in [9.17, 15) is 13.2 Å². The van der Waals surface area contributed by atoms with E-state index in [0.29, 0.717) is 17.2 Å². The summed E-state index contributed by atoms with van der Waals surface area (Å²) in [6.45, 7) is 5.13. The van der Waals surface area contributed by atoms with E-state index >= 15 is 0 Å². The van der Waals surface area contributed by atoms with E-state index in [-0.39, 0.29) is 11.4 Å². The summed E-state index contributed by atoms with van der Waals surface area (Å²) < 4.78 is 39.0. The highest BCUT2D eigenvalue weighted by molar-refractivity contribution is 7.92. The smallest absolute Gasteiger partial charge is 0.264 e. The lowest BCUT2D eigenvalue weighted by Gasteiger charge is -2.26. The van der Waals surface area contributed by atoms with Crippen LogP contribution in [0.1, 0.15) is 29.7 Å². The normalized spacial score (nSPS) is 12.0. The number of hydrogen-bond acceptors (Lipinski definition) is 5. The van der Waals surface area contributed by atoms with Crippen LogP contribution in [0, 0.1) is 13.8 Å². The zero-order chi connectivity index (χ0) is 24.9. The van der Waals surface area contributed by atoms with Crippen LogP contribution in [0.25, 0.3) is 0 Å². The Morgan fingerprint density at radius 3 is 2.26 bits per heavy atom. The fraction of sp³-hybridized carbons (Fsp3) is 0.269. The van der Waals surface area contributed by atoms with Crippen LogP contribution in [0.3, 0.4) is 0 Å². The summed E-state index contributed by atoms with van der Waals surface area (Å²) in [5.74, 6) is 0.772. The van der Waals surface area contributed by atoms with Gasteiger partial charge in [0.1, 0.15) is 18.0 Å². The van der Waals surface area contributed by atoms with Crippen LogP contribution in [-0.4, -0.2) is 35.1 Å². The van der Waals surface area contributed by atoms with Crippen LogP contribution >= 0.6 is 0 Å². The lowest BCUT2D eigenvalue weighted by molar-refractivity contribution is -0.120. The molecule has 0 saturated carbocycles. The predicted octanol–water partition coefficient (Wildman–Crippen LogP) is 4.39. The Balaban J connectivity index is 1.92. The number of aryl methyl sites for hydroxylation is 2. The lowest BCUT2D eigenvalue weighted by Crippen LogP contribution is -2.42. The Kier molecular flexibility index (Phi) is 7.83. The number of benzene rings is 3. The summed E-state index contributed by atoms with van der Waals surface area (Å²) >= 11 is 0. The summed E-state index contributed by atoms with van der Waals surface area (Å²) in [6, 6.07) is 18.5. The molecule has 8 heteroatoms. The monoisotopic (exact) mass is 482 g/mol. The summed E-state index contributed by atoms with van der Waals surface area (Å²) in [6.07, 6.45) is 0. The molecule has 0 aromatic heterocycles. The number of nitrogens with zero attached hydrogens (tertiary/aromatic N) is 1. The summed E-state index contributed by atoms with van der Waals surface area (Å²) in [4.78, 5) is 13.2. The fourth-order valence-electron chi connectivity index (χ4n) is 3.65. The van der Waals surface area contributed by atoms with Gasteiger partial charge in [-0.2, -0.15) is 0 Å². The number of carbonyl (C=O) groups is 1. The Morgan fingerprint density at radius 2 is 1.65 bits per heavy atom. The molecular weight excluding hydrogens is 452 g/mol. The molecule has 3 aromatic carbocycles. The van der Waals surface area contributed by atoms with Crippen LogP contribution < -0.4 is 19.1 Å². The maximum atomic E-state index is 13.6. The van der Waals surface area contributed by atoms with Crippen molar-refractivity contribution in [2.24, 2.45) is 0 Å². The minimum Gasteiger partial charge on any atom is -0.497 e. The molecule has 7 nitrogen and oxygen atoms in total. The van der Waals surface area contributed by atoms with Crippen molar-refractivity contribution in [2.45, 2.75) is 31.7 Å². The largest absolute Gasteiger partial charge is 0.497 e. The first-order valence-corrected chi connectivity index (χ1v) is 12.3. The number of sulfonamides is 1. The van der Waals surface area contributed by atoms with Crippen LogP contribution in [0.15, 0.2) is 71.6 Å². The van der Waals surface area contributed by atoms with Gasteiger partial charge in [-0.05, 0) is 62.7 Å². The molecule has 1 amide bonds. The second-order valence-corrected chi connectivity index (χ2v) is 9.87. The van der Waals surface area contributed by atoms with Crippen LogP contribution in [0.2, 0.25) is 0 Å². The number of ether oxygens (including phenoxy) is 2. The second kappa shape index (κ2) is 10.6. The zero-order valence-corrected chi connectivity index (χ0v) is 20.8. The molecule has 1 unspecified atom stereocenters. The number of amides is 1. The van der Waals surface area contributed by atoms with E-state index in [1.165, 1.54) is 0 Å². The molecule has 1 atom stereocenters. The summed E-state index contributed by atoms with van der Waals surface area (Å²) in [7, 11) is -0.875. The summed E-state index contributed by atoms with van der Waals surface area (Å²) in [5.41, 5.74) is 2.86. The van der Waals surface area contributed by atoms with Crippen LogP contribution in [0.4, 0.5) is 5.69 Å². The first kappa shape index (κ1) is 25.1. The molecule has 1 N–H and O–H groups in total. The Hall–Kier alpha value is -3.52. The van der Waals surface area contributed by atoms with Crippen molar-refractivity contribution in [3.05, 3.63) is 83.4 Å². The molecule has 0 spiro atoms. The third kappa shape index (κ3) is 5.51. The van der Waals surface area contributed by atoms with Crippen molar-refractivity contribution in [3.8, 4) is 11.5 Å². The van der Waals surface area contributed by atoms with Gasteiger partial charge < -0.3 is 14.8 Å². The minimum atomic E-state index is -3.98. The molecule has 0 aliphatic rings. The molecule has 0 fully saturated rings. The maximum absolute atomic E-state index is 13.6. The number of hydrogen-bond donors (Lipinski definition) is 1. The highest BCUT2D eigenvalue weighted by Crippen LogP contribution is 2.30. The van der Waals surface area contributed by atoms with Crippen LogP contribution in [-0.2, 0) is 14.8 Å². The molecule has 0 bridgehead atoms. The highest BCUT2D eigenvalue weighted by atomic mass is 32.2. The first-order chi connectivity index (χ1) is 16.2. The van der Waals surface area contributed by atoms with Gasteiger partial charge in [0, 0.05) is 5.56 Å². The standard InChI is InChI=1S/C26H30N2O5S/c1-18-10-13-22(14-11-18)34(30,31)28(24-9-7-6-8-19(24)2)17-26(29)27-20(3)23-16-21(32-4)12-15-25(23)33-5/h6-16,20H,17H2,1-5H3,(H,27,29). The van der Waals surface area contributed by atoms with Crippen molar-refractivity contribution in [3.63, 3.8) is 0 Å². The molecule has 0 radical (unpaired) electrons. The van der Waals surface area contributed by atoms with Gasteiger partial charge in [0.2, 0.25) is 5.91 Å². The van der Waals surface area contributed by atoms with Crippen molar-refractivity contribution >= 4 is 21.6 Å². The molecule has 180 valence electrons. The van der Waals surface area contributed by atoms with E-state index in [4.69, 9.17) is 9.47 Å². The van der Waals surface area contributed by atoms with Gasteiger partial charge in [-0.1, -0.05) is 35.9 Å². The second-order valence-electron chi connectivity index (χ2n) is 8.01. The van der Waals surface area contributed by atoms with E-state index in [1.807, 2.05) is 32.9 Å². The van der Waals surface area contributed by atoms with E-state index in [1.54, 1.807) is 68.8 Å². The van der Waals surface area contributed by atoms with E-state index in [2.05, 4.69) is 5.32 Å². The molecule has 3 rings (SSSR count). The van der Waals surface area contributed by atoms with Gasteiger partial charge in [0.15, 0.2) is 0 Å². The quantitative estimate of drug-likeness (QED) is 0.489. The Bertz CT molecular complexity index is 1260. The van der Waals surface area contributed by atoms with Crippen LogP contribution in [0.5, 0.6) is 11.5 Å². The minimum absolute atomic E-state index is 0.122. The molecular formula is C26H30N2O5S. The van der Waals surface area contributed by atoms with Gasteiger partial charge >= 0.3 is 0 Å². The lowest BCUT2D eigenvalue weighted by atomic mass is 10.1. The van der Waals surface area contributed by atoms with Crippen molar-refractivity contribution in [1.29, 1.82) is 0 Å². The molecule has 3 aromatic rings. The van der Waals surface area contributed by atoms with Crippen molar-refractivity contribution < 1.29 is 22.7 Å². The zero-order valence-electron chi connectivity index (χ0n) is 20.0. The molecule has 0 heterocycles. The van der Waals surface area contributed by atoms with Gasteiger partial charge in [-0.15, -0.1) is 0 Å². The molecule has 0 aliphatic carbocycles.